The minimum atomic E-state index is 0.0886. The molecule has 0 N–H and O–H groups in total. The van der Waals surface area contributed by atoms with Gasteiger partial charge in [-0.3, -0.25) is 0 Å². The van der Waals surface area contributed by atoms with Crippen molar-refractivity contribution in [2.24, 2.45) is 0 Å². The molecule has 0 amide bonds. The molecule has 0 bridgehead atoms. The first-order chi connectivity index (χ1) is 24.3. The van der Waals surface area contributed by atoms with Crippen LogP contribution in [-0.2, 0) is 0 Å². The van der Waals surface area contributed by atoms with Crippen molar-refractivity contribution < 1.29 is 4.42 Å². The van der Waals surface area contributed by atoms with Crippen LogP contribution in [0.25, 0.3) is 38.8 Å². The molecule has 232 valence electrons. The number of nitrogens with zero attached hydrogens (tertiary/aromatic N) is 2. The topological polar surface area (TPSA) is 19.6 Å². The number of rotatable bonds is 5. The van der Waals surface area contributed by atoms with Gasteiger partial charge in [-0.25, -0.2) is 0 Å². The molecule has 2 heterocycles. The van der Waals surface area contributed by atoms with Gasteiger partial charge in [0, 0.05) is 51.1 Å². The predicted octanol–water partition coefficient (Wildman–Crippen LogP) is 12.1. The molecule has 2 unspecified atom stereocenters. The lowest BCUT2D eigenvalue weighted by Gasteiger charge is -2.38. The minimum Gasteiger partial charge on any atom is -0.456 e. The predicted molar refractivity (Wildman–Crippen MR) is 203 cm³/mol. The molecule has 1 aliphatic carbocycles. The first-order valence-corrected chi connectivity index (χ1v) is 16.9. The smallest absolute Gasteiger partial charge is 0.137 e. The molecule has 0 fully saturated rings. The van der Waals surface area contributed by atoms with Gasteiger partial charge >= 0.3 is 0 Å². The Morgan fingerprint density at radius 3 is 1.96 bits per heavy atom. The number of fused-ring (bicyclic) bond motifs is 8. The lowest BCUT2D eigenvalue weighted by atomic mass is 9.79. The van der Waals surface area contributed by atoms with Gasteiger partial charge in [0.25, 0.3) is 0 Å². The van der Waals surface area contributed by atoms with Crippen molar-refractivity contribution in [3.05, 3.63) is 199 Å². The molecule has 0 radical (unpaired) electrons. The van der Waals surface area contributed by atoms with E-state index in [1.165, 1.54) is 39.2 Å². The summed E-state index contributed by atoms with van der Waals surface area (Å²) in [6, 6.07) is 63.3. The minimum absolute atomic E-state index is 0.0886. The number of furan rings is 1. The Hall–Kier alpha value is -6.32. The van der Waals surface area contributed by atoms with Crippen molar-refractivity contribution in [3.63, 3.8) is 0 Å². The van der Waals surface area contributed by atoms with Crippen molar-refractivity contribution in [3.8, 4) is 11.1 Å². The fourth-order valence-corrected chi connectivity index (χ4v) is 8.05. The highest BCUT2D eigenvalue weighted by Gasteiger charge is 2.43. The molecule has 2 atom stereocenters. The standard InChI is InChI=1S/C46H32N2O/c1-3-13-31(14-4-1)32-23-25-34(26-24-32)47(35-27-28-38-37-18-10-12-22-44(37)49-45(38)29-35)42-30-43-46(39-19-8-7-17-36(39)42)40-20-9-11-21-41(40)48(43)33-15-5-2-6-16-33/h1-30,43,46H. The molecule has 0 spiro atoms. The molecule has 7 aromatic carbocycles. The van der Waals surface area contributed by atoms with Crippen molar-refractivity contribution in [2.75, 3.05) is 9.80 Å². The monoisotopic (exact) mass is 628 g/mol. The summed E-state index contributed by atoms with van der Waals surface area (Å²) in [5, 5.41) is 2.26. The molecule has 49 heavy (non-hydrogen) atoms. The molecule has 1 aromatic heterocycles. The summed E-state index contributed by atoms with van der Waals surface area (Å²) in [5.41, 5.74) is 13.9. The molecule has 0 saturated carbocycles. The molecule has 8 aromatic rings. The Morgan fingerprint density at radius 2 is 1.12 bits per heavy atom. The molecule has 1 aliphatic heterocycles. The summed E-state index contributed by atoms with van der Waals surface area (Å²) in [7, 11) is 0. The number of anilines is 4. The number of hydrogen-bond donors (Lipinski definition) is 0. The van der Waals surface area contributed by atoms with Gasteiger partial charge in [0.15, 0.2) is 0 Å². The van der Waals surface area contributed by atoms with Crippen LogP contribution in [0.2, 0.25) is 0 Å². The van der Waals surface area contributed by atoms with Gasteiger partial charge in [0.1, 0.15) is 11.2 Å². The van der Waals surface area contributed by atoms with Gasteiger partial charge in [0.2, 0.25) is 0 Å². The van der Waals surface area contributed by atoms with E-state index < -0.39 is 0 Å². The maximum absolute atomic E-state index is 6.45. The third kappa shape index (κ3) is 4.43. The van der Waals surface area contributed by atoms with Gasteiger partial charge in [-0.2, -0.15) is 0 Å². The number of hydrogen-bond acceptors (Lipinski definition) is 3. The maximum atomic E-state index is 6.45. The van der Waals surface area contributed by atoms with Crippen LogP contribution in [0.15, 0.2) is 186 Å². The van der Waals surface area contributed by atoms with Crippen molar-refractivity contribution in [1.29, 1.82) is 0 Å². The van der Waals surface area contributed by atoms with Gasteiger partial charge in [-0.05, 0) is 76.9 Å². The Bertz CT molecular complexity index is 2500. The zero-order chi connectivity index (χ0) is 32.3. The van der Waals surface area contributed by atoms with E-state index in [4.69, 9.17) is 4.42 Å². The zero-order valence-electron chi connectivity index (χ0n) is 26.8. The normalized spacial score (nSPS) is 16.2. The fraction of sp³-hybridized carbons (Fsp3) is 0.0435. The van der Waals surface area contributed by atoms with Crippen LogP contribution < -0.4 is 9.80 Å². The van der Waals surface area contributed by atoms with Crippen molar-refractivity contribution in [1.82, 2.24) is 0 Å². The van der Waals surface area contributed by atoms with Crippen LogP contribution >= 0.6 is 0 Å². The van der Waals surface area contributed by atoms with E-state index in [2.05, 4.69) is 180 Å². The maximum Gasteiger partial charge on any atom is 0.137 e. The van der Waals surface area contributed by atoms with Crippen LogP contribution in [0.5, 0.6) is 0 Å². The second-order valence-corrected chi connectivity index (χ2v) is 12.9. The highest BCUT2D eigenvalue weighted by molar-refractivity contribution is 6.06. The van der Waals surface area contributed by atoms with E-state index in [0.29, 0.717) is 0 Å². The van der Waals surface area contributed by atoms with E-state index in [-0.39, 0.29) is 12.0 Å². The van der Waals surface area contributed by atoms with E-state index in [0.717, 1.165) is 39.0 Å². The van der Waals surface area contributed by atoms with E-state index in [1.807, 2.05) is 12.1 Å². The lowest BCUT2D eigenvalue weighted by molar-refractivity contribution is 0.669. The molecular weight excluding hydrogens is 597 g/mol. The first kappa shape index (κ1) is 27.8. The molecule has 3 heteroatoms. The Kier molecular flexibility index (Phi) is 6.31. The van der Waals surface area contributed by atoms with Crippen LogP contribution in [0.4, 0.5) is 22.7 Å². The summed E-state index contributed by atoms with van der Waals surface area (Å²) in [6.07, 6.45) is 2.49. The average molecular weight is 629 g/mol. The second-order valence-electron chi connectivity index (χ2n) is 12.9. The van der Waals surface area contributed by atoms with Gasteiger partial charge in [-0.1, -0.05) is 121 Å². The Balaban J connectivity index is 1.20. The summed E-state index contributed by atoms with van der Waals surface area (Å²) in [6.45, 7) is 0. The van der Waals surface area contributed by atoms with Gasteiger partial charge in [-0.15, -0.1) is 0 Å². The highest BCUT2D eigenvalue weighted by Crippen LogP contribution is 2.54. The molecule has 10 rings (SSSR count). The Morgan fingerprint density at radius 1 is 0.490 bits per heavy atom. The fourth-order valence-electron chi connectivity index (χ4n) is 8.05. The number of benzene rings is 7. The molecule has 0 saturated heterocycles. The van der Waals surface area contributed by atoms with Crippen molar-refractivity contribution in [2.45, 2.75) is 12.0 Å². The SMILES string of the molecule is C1=C(N(c2ccc(-c3ccccc3)cc2)c2ccc3c(c2)oc2ccccc23)c2ccccc2C2c3ccccc3N(c3ccccc3)C12. The van der Waals surface area contributed by atoms with Crippen molar-refractivity contribution >= 4 is 50.4 Å². The summed E-state index contributed by atoms with van der Waals surface area (Å²) < 4.78 is 6.45. The van der Waals surface area contributed by atoms with E-state index in [1.54, 1.807) is 0 Å². The van der Waals surface area contributed by atoms with E-state index in [9.17, 15) is 0 Å². The highest BCUT2D eigenvalue weighted by atomic mass is 16.3. The second kappa shape index (κ2) is 11.1. The molecule has 2 aliphatic rings. The Labute approximate surface area is 285 Å². The van der Waals surface area contributed by atoms with Crippen LogP contribution in [0.3, 0.4) is 0 Å². The average Bonchev–Trinajstić information content (AvgIpc) is 3.71. The zero-order valence-corrected chi connectivity index (χ0v) is 26.8. The third-order valence-corrected chi connectivity index (χ3v) is 10.2. The first-order valence-electron chi connectivity index (χ1n) is 16.9. The van der Waals surface area contributed by atoms with Crippen LogP contribution in [-0.4, -0.2) is 6.04 Å². The summed E-state index contributed by atoms with van der Waals surface area (Å²) >= 11 is 0. The third-order valence-electron chi connectivity index (χ3n) is 10.2. The lowest BCUT2D eigenvalue weighted by Crippen LogP contribution is -2.34. The summed E-state index contributed by atoms with van der Waals surface area (Å²) in [4.78, 5) is 4.94. The van der Waals surface area contributed by atoms with E-state index >= 15 is 0 Å². The molecular formula is C46H32N2O. The molecule has 3 nitrogen and oxygen atoms in total. The number of para-hydroxylation sites is 3. The van der Waals surface area contributed by atoms with Crippen LogP contribution in [0.1, 0.15) is 22.6 Å². The largest absolute Gasteiger partial charge is 0.456 e. The van der Waals surface area contributed by atoms with Gasteiger partial charge in [0.05, 0.1) is 11.7 Å². The quantitative estimate of drug-likeness (QED) is 0.189. The van der Waals surface area contributed by atoms with Gasteiger partial charge < -0.3 is 14.2 Å². The summed E-state index contributed by atoms with van der Waals surface area (Å²) in [5.74, 6) is 0.205. The van der Waals surface area contributed by atoms with Crippen LogP contribution in [0, 0.1) is 0 Å².